The van der Waals surface area contributed by atoms with Gasteiger partial charge in [-0.1, -0.05) is 20.8 Å². The first-order chi connectivity index (χ1) is 6.82. The van der Waals surface area contributed by atoms with E-state index in [-0.39, 0.29) is 18.3 Å². The van der Waals surface area contributed by atoms with Crippen molar-refractivity contribution in [1.29, 1.82) is 0 Å². The van der Waals surface area contributed by atoms with Crippen LogP contribution < -0.4 is 0 Å². The van der Waals surface area contributed by atoms with Crippen molar-refractivity contribution in [2.75, 3.05) is 0 Å². The van der Waals surface area contributed by atoms with Crippen LogP contribution in [-0.2, 0) is 0 Å². The van der Waals surface area contributed by atoms with Gasteiger partial charge in [0.05, 0.1) is 0 Å². The van der Waals surface area contributed by atoms with Crippen molar-refractivity contribution >= 4 is 0 Å². The molecular formula is C11H16F2N2. The molecule has 2 atom stereocenters. The Morgan fingerprint density at radius 3 is 2.13 bits per heavy atom. The average molecular weight is 214 g/mol. The van der Waals surface area contributed by atoms with Gasteiger partial charge in [0.2, 0.25) is 0 Å². The van der Waals surface area contributed by atoms with Gasteiger partial charge in [-0.25, -0.2) is 8.78 Å². The minimum absolute atomic E-state index is 0.141. The van der Waals surface area contributed by atoms with Crippen LogP contribution in [0.25, 0.3) is 0 Å². The van der Waals surface area contributed by atoms with Gasteiger partial charge in [0.15, 0.2) is 12.3 Å². The van der Waals surface area contributed by atoms with Crippen molar-refractivity contribution in [3.05, 3.63) is 0 Å². The summed E-state index contributed by atoms with van der Waals surface area (Å²) in [5.74, 6) is 2.17. The predicted octanol–water partition coefficient (Wildman–Crippen LogP) is 3.28. The third kappa shape index (κ3) is 2.74. The van der Waals surface area contributed by atoms with Gasteiger partial charge >= 0.3 is 0 Å². The number of rotatable bonds is 4. The lowest BCUT2D eigenvalue weighted by molar-refractivity contribution is 0.114. The van der Waals surface area contributed by atoms with E-state index in [4.69, 9.17) is 6.42 Å². The highest BCUT2D eigenvalue weighted by Crippen LogP contribution is 2.44. The summed E-state index contributed by atoms with van der Waals surface area (Å²) in [5, 5.41) is 7.03. The van der Waals surface area contributed by atoms with Crippen LogP contribution in [0.2, 0.25) is 0 Å². The van der Waals surface area contributed by atoms with Crippen LogP contribution >= 0.6 is 0 Å². The van der Waals surface area contributed by atoms with Crippen molar-refractivity contribution in [2.45, 2.75) is 51.6 Å². The first-order valence-electron chi connectivity index (χ1n) is 4.97. The molecule has 1 heterocycles. The number of halogens is 2. The second kappa shape index (κ2) is 3.88. The Morgan fingerprint density at radius 1 is 1.27 bits per heavy atom. The summed E-state index contributed by atoms with van der Waals surface area (Å²) >= 11 is 0. The number of nitrogens with zero attached hydrogens (tertiary/aromatic N) is 2. The van der Waals surface area contributed by atoms with E-state index < -0.39 is 18.0 Å². The fourth-order valence-corrected chi connectivity index (χ4v) is 1.45. The minimum Gasteiger partial charge on any atom is -0.242 e. The highest BCUT2D eigenvalue weighted by atomic mass is 19.1. The topological polar surface area (TPSA) is 24.7 Å². The molecule has 0 bridgehead atoms. The van der Waals surface area contributed by atoms with Gasteiger partial charge in [-0.05, 0) is 11.8 Å². The summed E-state index contributed by atoms with van der Waals surface area (Å²) in [6.45, 7) is 5.68. The molecule has 4 heteroatoms. The summed E-state index contributed by atoms with van der Waals surface area (Å²) in [7, 11) is 0. The molecule has 0 aliphatic carbocycles. The molecule has 1 rings (SSSR count). The van der Waals surface area contributed by atoms with Crippen molar-refractivity contribution in [3.8, 4) is 12.3 Å². The molecule has 0 spiro atoms. The summed E-state index contributed by atoms with van der Waals surface area (Å²) in [6, 6.07) is 0. The van der Waals surface area contributed by atoms with Crippen molar-refractivity contribution in [3.63, 3.8) is 0 Å². The maximum Gasteiger partial charge on any atom is 0.253 e. The van der Waals surface area contributed by atoms with Crippen LogP contribution in [0.15, 0.2) is 10.2 Å². The molecule has 0 N–H and O–H groups in total. The third-order valence-electron chi connectivity index (χ3n) is 2.34. The summed E-state index contributed by atoms with van der Waals surface area (Å²) in [6.07, 6.45) is 2.18. The maximum atomic E-state index is 13.8. The zero-order chi connectivity index (χ0) is 11.7. The van der Waals surface area contributed by atoms with E-state index in [9.17, 15) is 8.78 Å². The predicted molar refractivity (Wildman–Crippen MR) is 54.9 cm³/mol. The Bertz CT molecular complexity index is 293. The van der Waals surface area contributed by atoms with E-state index in [1.54, 1.807) is 0 Å². The SMILES string of the molecule is C#CCC(F)C1(C(F)CC(C)(C)C)N=N1. The lowest BCUT2D eigenvalue weighted by atomic mass is 9.85. The standard InChI is InChI=1S/C11H16F2N2/c1-5-6-8(12)11(14-15-11)9(13)7-10(2,3)4/h1,8-9H,6-7H2,2-4H3. The van der Waals surface area contributed by atoms with Crippen LogP contribution in [0.4, 0.5) is 8.78 Å². The van der Waals surface area contributed by atoms with Crippen molar-refractivity contribution in [2.24, 2.45) is 15.6 Å². The molecule has 0 aromatic heterocycles. The maximum absolute atomic E-state index is 13.8. The number of hydrogen-bond donors (Lipinski definition) is 0. The molecule has 1 aliphatic rings. The zero-order valence-corrected chi connectivity index (χ0v) is 9.30. The van der Waals surface area contributed by atoms with Gasteiger partial charge < -0.3 is 0 Å². The second-order valence-corrected chi connectivity index (χ2v) is 5.09. The van der Waals surface area contributed by atoms with Gasteiger partial charge in [0.25, 0.3) is 5.66 Å². The molecule has 0 amide bonds. The average Bonchev–Trinajstić information content (AvgIpc) is 2.80. The monoisotopic (exact) mass is 214 g/mol. The van der Waals surface area contributed by atoms with Crippen LogP contribution in [0.5, 0.6) is 0 Å². The summed E-state index contributed by atoms with van der Waals surface area (Å²) in [4.78, 5) is 0. The highest BCUT2D eigenvalue weighted by molar-refractivity contribution is 5.09. The molecule has 0 radical (unpaired) electrons. The molecule has 0 saturated heterocycles. The van der Waals surface area contributed by atoms with Crippen LogP contribution in [0.1, 0.15) is 33.6 Å². The van der Waals surface area contributed by atoms with Crippen molar-refractivity contribution < 1.29 is 8.78 Å². The van der Waals surface area contributed by atoms with E-state index in [1.807, 2.05) is 20.8 Å². The Hall–Kier alpha value is -0.980. The minimum atomic E-state index is -1.50. The quantitative estimate of drug-likeness (QED) is 0.641. The van der Waals surface area contributed by atoms with Gasteiger partial charge in [-0.3, -0.25) is 0 Å². The summed E-state index contributed by atoms with van der Waals surface area (Å²) < 4.78 is 27.3. The van der Waals surface area contributed by atoms with Crippen molar-refractivity contribution in [1.82, 2.24) is 0 Å². The zero-order valence-electron chi connectivity index (χ0n) is 9.30. The van der Waals surface area contributed by atoms with E-state index in [0.717, 1.165) is 0 Å². The van der Waals surface area contributed by atoms with Gasteiger partial charge in [0, 0.05) is 6.42 Å². The summed E-state index contributed by atoms with van der Waals surface area (Å²) in [5.41, 5.74) is -1.71. The number of hydrogen-bond acceptors (Lipinski definition) is 2. The van der Waals surface area contributed by atoms with Crippen LogP contribution in [0.3, 0.4) is 0 Å². The molecular weight excluding hydrogens is 198 g/mol. The Labute approximate surface area is 89.2 Å². The highest BCUT2D eigenvalue weighted by Gasteiger charge is 2.56. The number of terminal acetylenes is 1. The largest absolute Gasteiger partial charge is 0.253 e. The smallest absolute Gasteiger partial charge is 0.242 e. The van der Waals surface area contributed by atoms with E-state index in [1.165, 1.54) is 0 Å². The first-order valence-corrected chi connectivity index (χ1v) is 4.97. The fraction of sp³-hybridized carbons (Fsp3) is 0.818. The van der Waals surface area contributed by atoms with E-state index in [2.05, 4.69) is 16.1 Å². The Morgan fingerprint density at radius 2 is 1.80 bits per heavy atom. The Kier molecular flexibility index (Phi) is 3.13. The normalized spacial score (nSPS) is 21.9. The first kappa shape index (κ1) is 12.1. The molecule has 2 nitrogen and oxygen atoms in total. The molecule has 0 fully saturated rings. The Balaban J connectivity index is 2.59. The van der Waals surface area contributed by atoms with E-state index in [0.29, 0.717) is 0 Å². The molecule has 0 aromatic rings. The lowest BCUT2D eigenvalue weighted by Gasteiger charge is -2.25. The lowest BCUT2D eigenvalue weighted by Crippen LogP contribution is -2.38. The van der Waals surface area contributed by atoms with Crippen LogP contribution in [-0.4, -0.2) is 18.0 Å². The molecule has 84 valence electrons. The molecule has 0 saturated carbocycles. The fourth-order valence-electron chi connectivity index (χ4n) is 1.45. The van der Waals surface area contributed by atoms with Crippen LogP contribution in [0, 0.1) is 17.8 Å². The third-order valence-corrected chi connectivity index (χ3v) is 2.34. The molecule has 2 unspecified atom stereocenters. The molecule has 0 aromatic carbocycles. The van der Waals surface area contributed by atoms with Gasteiger partial charge in [-0.15, -0.1) is 12.3 Å². The second-order valence-electron chi connectivity index (χ2n) is 5.09. The number of alkyl halides is 2. The molecule has 15 heavy (non-hydrogen) atoms. The van der Waals surface area contributed by atoms with Gasteiger partial charge in [-0.2, -0.15) is 10.2 Å². The van der Waals surface area contributed by atoms with Gasteiger partial charge in [0.1, 0.15) is 0 Å². The molecule has 1 aliphatic heterocycles. The van der Waals surface area contributed by atoms with E-state index >= 15 is 0 Å².